The summed E-state index contributed by atoms with van der Waals surface area (Å²) in [6.45, 7) is 7.01. The van der Waals surface area contributed by atoms with Crippen LogP contribution in [-0.4, -0.2) is 66.7 Å². The number of hydrogen-bond acceptors (Lipinski definition) is 4. The van der Waals surface area contributed by atoms with Gasteiger partial charge in [0, 0.05) is 36.6 Å². The lowest BCUT2D eigenvalue weighted by Crippen LogP contribution is -2.56. The SMILES string of the molecule is CN[C@@H]1CC[C@@H](c2ccc(Cl)cc2)[C@H](C(=O)N2CCC(CN3C(=O)OCC3(C)C)(C3CCCCC3)CC2)C1. The first-order chi connectivity index (χ1) is 18.2. The van der Waals surface area contributed by atoms with Gasteiger partial charge >= 0.3 is 6.09 Å². The molecule has 2 amide bonds. The highest BCUT2D eigenvalue weighted by Crippen LogP contribution is 2.48. The molecule has 6 nitrogen and oxygen atoms in total. The van der Waals surface area contributed by atoms with Crippen LogP contribution in [-0.2, 0) is 9.53 Å². The van der Waals surface area contributed by atoms with Crippen LogP contribution < -0.4 is 5.32 Å². The van der Waals surface area contributed by atoms with E-state index in [9.17, 15) is 9.59 Å². The largest absolute Gasteiger partial charge is 0.447 e. The molecule has 2 aliphatic heterocycles. The lowest BCUT2D eigenvalue weighted by Gasteiger charge is -2.51. The molecule has 1 N–H and O–H groups in total. The van der Waals surface area contributed by atoms with E-state index < -0.39 is 0 Å². The second-order valence-corrected chi connectivity index (χ2v) is 13.5. The summed E-state index contributed by atoms with van der Waals surface area (Å²) in [6.07, 6.45) is 11.1. The molecule has 1 aromatic carbocycles. The number of benzene rings is 1. The van der Waals surface area contributed by atoms with Crippen LogP contribution in [0.1, 0.15) is 89.5 Å². The molecule has 4 fully saturated rings. The predicted molar refractivity (Wildman–Crippen MR) is 151 cm³/mol. The number of nitrogens with one attached hydrogen (secondary N) is 1. The Balaban J connectivity index is 1.33. The number of cyclic esters (lactones) is 1. The van der Waals surface area contributed by atoms with Crippen molar-refractivity contribution in [3.8, 4) is 0 Å². The van der Waals surface area contributed by atoms with E-state index in [1.807, 2.05) is 24.1 Å². The molecule has 7 heteroatoms. The van der Waals surface area contributed by atoms with Crippen LogP contribution in [0.2, 0.25) is 5.02 Å². The maximum atomic E-state index is 14.1. The van der Waals surface area contributed by atoms with Crippen molar-refractivity contribution < 1.29 is 14.3 Å². The van der Waals surface area contributed by atoms with Crippen molar-refractivity contribution in [2.75, 3.05) is 33.3 Å². The number of likely N-dealkylation sites (tertiary alicyclic amines) is 1. The highest BCUT2D eigenvalue weighted by Gasteiger charge is 2.50. The number of piperidine rings is 1. The number of carbonyl (C=O) groups excluding carboxylic acids is 2. The molecule has 38 heavy (non-hydrogen) atoms. The molecular formula is C31H46ClN3O3. The van der Waals surface area contributed by atoms with Gasteiger partial charge in [0.25, 0.3) is 0 Å². The smallest absolute Gasteiger partial charge is 0.410 e. The van der Waals surface area contributed by atoms with Gasteiger partial charge in [-0.2, -0.15) is 0 Å². The zero-order chi connectivity index (χ0) is 26.9. The third-order valence-corrected chi connectivity index (χ3v) is 10.6. The molecule has 0 radical (unpaired) electrons. The van der Waals surface area contributed by atoms with Gasteiger partial charge in [-0.25, -0.2) is 4.79 Å². The Bertz CT molecular complexity index is 983. The van der Waals surface area contributed by atoms with E-state index in [0.717, 1.165) is 56.8 Å². The van der Waals surface area contributed by atoms with Gasteiger partial charge in [-0.3, -0.25) is 9.69 Å². The second-order valence-electron chi connectivity index (χ2n) is 13.0. The maximum absolute atomic E-state index is 14.1. The van der Waals surface area contributed by atoms with E-state index >= 15 is 0 Å². The summed E-state index contributed by atoms with van der Waals surface area (Å²) in [6, 6.07) is 8.49. The van der Waals surface area contributed by atoms with E-state index in [-0.39, 0.29) is 28.9 Å². The van der Waals surface area contributed by atoms with Gasteiger partial charge in [0.2, 0.25) is 5.91 Å². The fourth-order valence-electron chi connectivity index (χ4n) is 7.87. The third-order valence-electron chi connectivity index (χ3n) is 10.4. The Labute approximate surface area is 233 Å². The third kappa shape index (κ3) is 5.58. The van der Waals surface area contributed by atoms with E-state index in [0.29, 0.717) is 24.5 Å². The Hall–Kier alpha value is -1.79. The molecule has 2 saturated carbocycles. The molecule has 210 valence electrons. The molecule has 0 aromatic heterocycles. The average Bonchev–Trinajstić information content (AvgIpc) is 3.20. The van der Waals surface area contributed by atoms with Crippen molar-refractivity contribution in [3.05, 3.63) is 34.9 Å². The van der Waals surface area contributed by atoms with Gasteiger partial charge in [0.05, 0.1) is 5.54 Å². The van der Waals surface area contributed by atoms with Crippen LogP contribution in [0.25, 0.3) is 0 Å². The highest BCUT2D eigenvalue weighted by molar-refractivity contribution is 6.30. The van der Waals surface area contributed by atoms with E-state index in [1.54, 1.807) is 0 Å². The van der Waals surface area contributed by atoms with E-state index in [1.165, 1.54) is 37.7 Å². The molecule has 2 aliphatic carbocycles. The first-order valence-corrected chi connectivity index (χ1v) is 15.3. The summed E-state index contributed by atoms with van der Waals surface area (Å²) in [4.78, 5) is 31.0. The number of amides is 2. The molecule has 0 bridgehead atoms. The molecule has 2 heterocycles. The van der Waals surface area contributed by atoms with Gasteiger partial charge in [0.15, 0.2) is 0 Å². The monoisotopic (exact) mass is 543 g/mol. The van der Waals surface area contributed by atoms with Gasteiger partial charge in [-0.15, -0.1) is 0 Å². The lowest BCUT2D eigenvalue weighted by atomic mass is 9.63. The Kier molecular flexibility index (Phi) is 8.31. The Morgan fingerprint density at radius 2 is 1.74 bits per heavy atom. The number of hydrogen-bond donors (Lipinski definition) is 1. The highest BCUT2D eigenvalue weighted by atomic mass is 35.5. The Morgan fingerprint density at radius 3 is 2.34 bits per heavy atom. The maximum Gasteiger partial charge on any atom is 0.410 e. The van der Waals surface area contributed by atoms with Crippen molar-refractivity contribution in [1.29, 1.82) is 0 Å². The minimum atomic E-state index is -0.276. The van der Waals surface area contributed by atoms with Gasteiger partial charge in [-0.05, 0) is 101 Å². The number of ether oxygens (including phenoxy) is 1. The zero-order valence-electron chi connectivity index (χ0n) is 23.5. The van der Waals surface area contributed by atoms with Crippen LogP contribution >= 0.6 is 11.6 Å². The van der Waals surface area contributed by atoms with Crippen molar-refractivity contribution in [2.45, 2.75) is 95.6 Å². The van der Waals surface area contributed by atoms with Gasteiger partial charge in [0.1, 0.15) is 6.61 Å². The first kappa shape index (κ1) is 27.8. The minimum Gasteiger partial charge on any atom is -0.447 e. The number of halogens is 1. The van der Waals surface area contributed by atoms with Crippen LogP contribution in [0.4, 0.5) is 4.79 Å². The van der Waals surface area contributed by atoms with Crippen LogP contribution in [0.5, 0.6) is 0 Å². The van der Waals surface area contributed by atoms with Crippen molar-refractivity contribution in [1.82, 2.24) is 15.1 Å². The van der Waals surface area contributed by atoms with Gasteiger partial charge in [-0.1, -0.05) is 43.0 Å². The first-order valence-electron chi connectivity index (χ1n) is 14.9. The molecule has 3 atom stereocenters. The summed E-state index contributed by atoms with van der Waals surface area (Å²) in [5.74, 6) is 1.14. The fourth-order valence-corrected chi connectivity index (χ4v) is 7.99. The summed E-state index contributed by atoms with van der Waals surface area (Å²) in [5.41, 5.74) is 1.01. The number of rotatable bonds is 6. The lowest BCUT2D eigenvalue weighted by molar-refractivity contribution is -0.141. The van der Waals surface area contributed by atoms with Crippen LogP contribution in [0.15, 0.2) is 24.3 Å². The zero-order valence-corrected chi connectivity index (χ0v) is 24.3. The van der Waals surface area contributed by atoms with Crippen LogP contribution in [0, 0.1) is 17.3 Å². The van der Waals surface area contributed by atoms with E-state index in [2.05, 4.69) is 36.2 Å². The molecule has 2 saturated heterocycles. The molecule has 0 spiro atoms. The Morgan fingerprint density at radius 1 is 1.05 bits per heavy atom. The standard InChI is InChI=1S/C31H46ClN3O3/c1-30(2)21-38-29(37)35(30)20-31(23-7-5-4-6-8-23)15-17-34(18-16-31)28(36)27-19-25(33-3)13-14-26(27)22-9-11-24(32)12-10-22/h9-12,23,25-27,33H,4-8,13-21H2,1-3H3/t25-,26+,27-/m1/s1. The van der Waals surface area contributed by atoms with Crippen molar-refractivity contribution in [2.24, 2.45) is 17.3 Å². The molecule has 5 rings (SSSR count). The summed E-state index contributed by atoms with van der Waals surface area (Å²) in [7, 11) is 2.01. The predicted octanol–water partition coefficient (Wildman–Crippen LogP) is 6.23. The van der Waals surface area contributed by atoms with Gasteiger partial charge < -0.3 is 15.0 Å². The summed E-state index contributed by atoms with van der Waals surface area (Å²) in [5, 5.41) is 4.18. The average molecular weight is 544 g/mol. The normalized spacial score (nSPS) is 29.8. The summed E-state index contributed by atoms with van der Waals surface area (Å²) < 4.78 is 5.48. The van der Waals surface area contributed by atoms with Crippen molar-refractivity contribution >= 4 is 23.6 Å². The summed E-state index contributed by atoms with van der Waals surface area (Å²) >= 11 is 6.18. The fraction of sp³-hybridized carbons (Fsp3) is 0.742. The second kappa shape index (κ2) is 11.4. The molecule has 0 unspecified atom stereocenters. The molecule has 1 aromatic rings. The minimum absolute atomic E-state index is 0.0166. The number of carbonyl (C=O) groups is 2. The van der Waals surface area contributed by atoms with E-state index in [4.69, 9.17) is 16.3 Å². The number of nitrogens with zero attached hydrogens (tertiary/aromatic N) is 2. The quantitative estimate of drug-likeness (QED) is 0.462. The van der Waals surface area contributed by atoms with Crippen LogP contribution in [0.3, 0.4) is 0 Å². The topological polar surface area (TPSA) is 61.9 Å². The van der Waals surface area contributed by atoms with Crippen molar-refractivity contribution in [3.63, 3.8) is 0 Å². The molecule has 4 aliphatic rings. The molecular weight excluding hydrogens is 498 g/mol.